The van der Waals surface area contributed by atoms with Gasteiger partial charge in [-0.25, -0.2) is 0 Å². The predicted molar refractivity (Wildman–Crippen MR) is 84.4 cm³/mol. The number of aryl methyl sites for hydroxylation is 1. The summed E-state index contributed by atoms with van der Waals surface area (Å²) < 4.78 is 0. The van der Waals surface area contributed by atoms with E-state index in [0.717, 1.165) is 25.8 Å². The van der Waals surface area contributed by atoms with E-state index in [-0.39, 0.29) is 17.4 Å². The molecule has 0 radical (unpaired) electrons. The van der Waals surface area contributed by atoms with Crippen LogP contribution >= 0.6 is 0 Å². The van der Waals surface area contributed by atoms with Gasteiger partial charge >= 0.3 is 0 Å². The molecule has 0 fully saturated rings. The third-order valence-corrected chi connectivity index (χ3v) is 3.13. The van der Waals surface area contributed by atoms with Crippen LogP contribution in [-0.4, -0.2) is 18.5 Å². The second-order valence-corrected chi connectivity index (χ2v) is 6.67. The Balaban J connectivity index is 2.14. The Morgan fingerprint density at radius 1 is 1.25 bits per heavy atom. The first-order chi connectivity index (χ1) is 9.37. The smallest absolute Gasteiger partial charge is 0.221 e. The molecule has 1 unspecified atom stereocenters. The second kappa shape index (κ2) is 8.05. The Labute approximate surface area is 122 Å². The average molecular weight is 276 g/mol. The molecule has 0 aliphatic carbocycles. The molecule has 0 saturated carbocycles. The topological polar surface area (TPSA) is 55.1 Å². The standard InChI is InChI=1S/C17H28N2O/c1-17(2,3)13-15(18)12-16(20)19-11-7-10-14-8-5-4-6-9-14/h4-6,8-9,15H,7,10-13,18H2,1-3H3,(H,19,20). The molecule has 0 aromatic heterocycles. The zero-order valence-corrected chi connectivity index (χ0v) is 13.0. The van der Waals surface area contributed by atoms with E-state index in [2.05, 4.69) is 38.2 Å². The van der Waals surface area contributed by atoms with Crippen molar-refractivity contribution in [2.75, 3.05) is 6.54 Å². The molecule has 0 heterocycles. The molecular weight excluding hydrogens is 248 g/mol. The predicted octanol–water partition coefficient (Wildman–Crippen LogP) is 2.89. The number of hydrogen-bond acceptors (Lipinski definition) is 2. The van der Waals surface area contributed by atoms with Crippen molar-refractivity contribution in [2.24, 2.45) is 11.1 Å². The number of nitrogens with two attached hydrogens (primary N) is 1. The SMILES string of the molecule is CC(C)(C)CC(N)CC(=O)NCCCc1ccccc1. The minimum Gasteiger partial charge on any atom is -0.356 e. The molecule has 3 heteroatoms. The van der Waals surface area contributed by atoms with Gasteiger partial charge in [0.15, 0.2) is 0 Å². The number of carbonyl (C=O) groups excluding carboxylic acids is 1. The summed E-state index contributed by atoms with van der Waals surface area (Å²) in [6, 6.07) is 10.3. The highest BCUT2D eigenvalue weighted by molar-refractivity contribution is 5.76. The average Bonchev–Trinajstić information content (AvgIpc) is 2.33. The highest BCUT2D eigenvalue weighted by atomic mass is 16.1. The van der Waals surface area contributed by atoms with Gasteiger partial charge in [0.25, 0.3) is 0 Å². The van der Waals surface area contributed by atoms with E-state index in [9.17, 15) is 4.79 Å². The van der Waals surface area contributed by atoms with Crippen molar-refractivity contribution < 1.29 is 4.79 Å². The first-order valence-electron chi connectivity index (χ1n) is 7.43. The molecule has 0 spiro atoms. The fourth-order valence-corrected chi connectivity index (χ4v) is 2.33. The monoisotopic (exact) mass is 276 g/mol. The number of nitrogens with one attached hydrogen (secondary N) is 1. The summed E-state index contributed by atoms with van der Waals surface area (Å²) in [5.41, 5.74) is 7.48. The van der Waals surface area contributed by atoms with Gasteiger partial charge in [-0.2, -0.15) is 0 Å². The van der Waals surface area contributed by atoms with E-state index in [0.29, 0.717) is 6.42 Å². The van der Waals surface area contributed by atoms with Crippen molar-refractivity contribution in [1.82, 2.24) is 5.32 Å². The van der Waals surface area contributed by atoms with E-state index in [1.54, 1.807) is 0 Å². The lowest BCUT2D eigenvalue weighted by Gasteiger charge is -2.22. The molecule has 0 saturated heterocycles. The summed E-state index contributed by atoms with van der Waals surface area (Å²) in [5, 5.41) is 2.95. The zero-order chi connectivity index (χ0) is 15.0. The number of amides is 1. The maximum atomic E-state index is 11.8. The Bertz CT molecular complexity index is 395. The summed E-state index contributed by atoms with van der Waals surface area (Å²) in [4.78, 5) is 11.8. The van der Waals surface area contributed by atoms with Gasteiger partial charge in [-0.3, -0.25) is 4.79 Å². The van der Waals surface area contributed by atoms with E-state index >= 15 is 0 Å². The lowest BCUT2D eigenvalue weighted by atomic mass is 9.87. The molecule has 3 N–H and O–H groups in total. The Hall–Kier alpha value is -1.35. The maximum absolute atomic E-state index is 11.8. The molecule has 112 valence electrons. The highest BCUT2D eigenvalue weighted by Gasteiger charge is 2.17. The largest absolute Gasteiger partial charge is 0.356 e. The normalized spacial score (nSPS) is 13.0. The fourth-order valence-electron chi connectivity index (χ4n) is 2.33. The Morgan fingerprint density at radius 2 is 1.90 bits per heavy atom. The van der Waals surface area contributed by atoms with Gasteiger partial charge in [0.05, 0.1) is 0 Å². The molecule has 0 aliphatic heterocycles. The molecule has 3 nitrogen and oxygen atoms in total. The molecule has 1 rings (SSSR count). The van der Waals surface area contributed by atoms with Gasteiger partial charge in [-0.05, 0) is 30.2 Å². The van der Waals surface area contributed by atoms with Crippen LogP contribution < -0.4 is 11.1 Å². The number of benzene rings is 1. The third kappa shape index (κ3) is 7.95. The van der Waals surface area contributed by atoms with Crippen LogP contribution in [0.4, 0.5) is 0 Å². The van der Waals surface area contributed by atoms with Gasteiger partial charge in [-0.1, -0.05) is 51.1 Å². The van der Waals surface area contributed by atoms with Crippen LogP contribution in [0.2, 0.25) is 0 Å². The van der Waals surface area contributed by atoms with Gasteiger partial charge in [-0.15, -0.1) is 0 Å². The molecule has 1 aromatic carbocycles. The van der Waals surface area contributed by atoms with Crippen molar-refractivity contribution in [3.05, 3.63) is 35.9 Å². The minimum atomic E-state index is -0.0517. The van der Waals surface area contributed by atoms with Crippen LogP contribution in [0, 0.1) is 5.41 Å². The Kier molecular flexibility index (Phi) is 6.73. The first-order valence-corrected chi connectivity index (χ1v) is 7.43. The number of carbonyl (C=O) groups is 1. The van der Waals surface area contributed by atoms with E-state index in [1.807, 2.05) is 18.2 Å². The summed E-state index contributed by atoms with van der Waals surface area (Å²) in [6.45, 7) is 7.15. The van der Waals surface area contributed by atoms with E-state index < -0.39 is 0 Å². The van der Waals surface area contributed by atoms with Crippen LogP contribution in [0.5, 0.6) is 0 Å². The minimum absolute atomic E-state index is 0.0517. The van der Waals surface area contributed by atoms with Crippen LogP contribution in [-0.2, 0) is 11.2 Å². The summed E-state index contributed by atoms with van der Waals surface area (Å²) in [7, 11) is 0. The third-order valence-electron chi connectivity index (χ3n) is 3.13. The van der Waals surface area contributed by atoms with Crippen molar-refractivity contribution >= 4 is 5.91 Å². The zero-order valence-electron chi connectivity index (χ0n) is 13.0. The second-order valence-electron chi connectivity index (χ2n) is 6.67. The molecule has 20 heavy (non-hydrogen) atoms. The molecule has 1 aromatic rings. The van der Waals surface area contributed by atoms with Crippen molar-refractivity contribution in [3.8, 4) is 0 Å². The van der Waals surface area contributed by atoms with Crippen LogP contribution in [0.1, 0.15) is 45.6 Å². The summed E-state index contributed by atoms with van der Waals surface area (Å²) in [5.74, 6) is 0.0646. The van der Waals surface area contributed by atoms with Gasteiger partial charge < -0.3 is 11.1 Å². The van der Waals surface area contributed by atoms with Crippen LogP contribution in [0.3, 0.4) is 0 Å². The van der Waals surface area contributed by atoms with Crippen LogP contribution in [0.15, 0.2) is 30.3 Å². The maximum Gasteiger partial charge on any atom is 0.221 e. The molecular formula is C17H28N2O. The van der Waals surface area contributed by atoms with Gasteiger partial charge in [0.1, 0.15) is 0 Å². The quantitative estimate of drug-likeness (QED) is 0.752. The van der Waals surface area contributed by atoms with E-state index in [1.165, 1.54) is 5.56 Å². The summed E-state index contributed by atoms with van der Waals surface area (Å²) in [6.07, 6.45) is 3.24. The first kappa shape index (κ1) is 16.7. The highest BCUT2D eigenvalue weighted by Crippen LogP contribution is 2.20. The van der Waals surface area contributed by atoms with Crippen molar-refractivity contribution in [2.45, 2.75) is 52.5 Å². The Morgan fingerprint density at radius 3 is 2.50 bits per heavy atom. The van der Waals surface area contributed by atoms with Gasteiger partial charge in [0, 0.05) is 19.0 Å². The number of hydrogen-bond donors (Lipinski definition) is 2. The van der Waals surface area contributed by atoms with Crippen LogP contribution in [0.25, 0.3) is 0 Å². The molecule has 0 bridgehead atoms. The van der Waals surface area contributed by atoms with Crippen molar-refractivity contribution in [1.29, 1.82) is 0 Å². The fraction of sp³-hybridized carbons (Fsp3) is 0.588. The summed E-state index contributed by atoms with van der Waals surface area (Å²) >= 11 is 0. The molecule has 1 atom stereocenters. The van der Waals surface area contributed by atoms with Gasteiger partial charge in [0.2, 0.25) is 5.91 Å². The molecule has 1 amide bonds. The number of rotatable bonds is 7. The van der Waals surface area contributed by atoms with Crippen molar-refractivity contribution in [3.63, 3.8) is 0 Å². The molecule has 0 aliphatic rings. The van der Waals surface area contributed by atoms with E-state index in [4.69, 9.17) is 5.73 Å². The lowest BCUT2D eigenvalue weighted by Crippen LogP contribution is -2.34. The lowest BCUT2D eigenvalue weighted by molar-refractivity contribution is -0.121.